The molecule has 0 aliphatic carbocycles. The molecule has 0 unspecified atom stereocenters. The first kappa shape index (κ1) is 19.1. The maximum absolute atomic E-state index is 12.2. The molecule has 2 aromatic carbocycles. The van der Waals surface area contributed by atoms with Gasteiger partial charge in [-0.1, -0.05) is 23.2 Å². The van der Waals surface area contributed by atoms with E-state index in [1.165, 1.54) is 13.0 Å². The molecule has 132 valence electrons. The minimum atomic E-state index is -0.990. The SMILES string of the molecule is C[C@@H](OC(=O)c1ccc(N(C)C)cc1)C(=O)Nc1cc(Cl)ccc1Cl. The third-order valence-electron chi connectivity index (χ3n) is 3.46. The minimum Gasteiger partial charge on any atom is -0.449 e. The highest BCUT2D eigenvalue weighted by Gasteiger charge is 2.20. The molecule has 0 aliphatic heterocycles. The van der Waals surface area contributed by atoms with Gasteiger partial charge in [0.25, 0.3) is 5.91 Å². The Hall–Kier alpha value is -2.24. The van der Waals surface area contributed by atoms with Crippen LogP contribution in [0.25, 0.3) is 0 Å². The summed E-state index contributed by atoms with van der Waals surface area (Å²) in [6.45, 7) is 1.49. The summed E-state index contributed by atoms with van der Waals surface area (Å²) >= 11 is 11.9. The fourth-order valence-corrected chi connectivity index (χ4v) is 2.34. The summed E-state index contributed by atoms with van der Waals surface area (Å²) in [7, 11) is 3.81. The van der Waals surface area contributed by atoms with E-state index in [2.05, 4.69) is 5.32 Å². The molecule has 0 radical (unpaired) electrons. The molecule has 1 N–H and O–H groups in total. The molecule has 0 spiro atoms. The number of carbonyl (C=O) groups is 2. The van der Waals surface area contributed by atoms with Crippen molar-refractivity contribution in [3.05, 3.63) is 58.1 Å². The Labute approximate surface area is 156 Å². The molecule has 7 heteroatoms. The smallest absolute Gasteiger partial charge is 0.338 e. The van der Waals surface area contributed by atoms with Gasteiger partial charge in [-0.3, -0.25) is 4.79 Å². The number of anilines is 2. The zero-order valence-electron chi connectivity index (χ0n) is 14.0. The van der Waals surface area contributed by atoms with Gasteiger partial charge in [-0.2, -0.15) is 0 Å². The fraction of sp³-hybridized carbons (Fsp3) is 0.222. The number of halogens is 2. The van der Waals surface area contributed by atoms with Crippen molar-refractivity contribution in [2.24, 2.45) is 0 Å². The van der Waals surface area contributed by atoms with E-state index >= 15 is 0 Å². The van der Waals surface area contributed by atoms with Crippen LogP contribution in [0.1, 0.15) is 17.3 Å². The largest absolute Gasteiger partial charge is 0.449 e. The Kier molecular flexibility index (Phi) is 6.28. The third kappa shape index (κ3) is 5.11. The first-order valence-electron chi connectivity index (χ1n) is 7.52. The number of benzene rings is 2. The van der Waals surface area contributed by atoms with E-state index in [-0.39, 0.29) is 0 Å². The van der Waals surface area contributed by atoms with Crippen LogP contribution in [-0.4, -0.2) is 32.1 Å². The van der Waals surface area contributed by atoms with Gasteiger partial charge in [0.1, 0.15) is 0 Å². The molecule has 0 saturated heterocycles. The van der Waals surface area contributed by atoms with Crippen molar-refractivity contribution < 1.29 is 14.3 Å². The van der Waals surface area contributed by atoms with E-state index in [4.69, 9.17) is 27.9 Å². The van der Waals surface area contributed by atoms with Gasteiger partial charge in [-0.15, -0.1) is 0 Å². The van der Waals surface area contributed by atoms with Gasteiger partial charge in [0.15, 0.2) is 6.10 Å². The first-order chi connectivity index (χ1) is 11.8. The quantitative estimate of drug-likeness (QED) is 0.787. The highest BCUT2D eigenvalue weighted by Crippen LogP contribution is 2.25. The van der Waals surface area contributed by atoms with Gasteiger partial charge in [-0.25, -0.2) is 4.79 Å². The van der Waals surface area contributed by atoms with Crippen molar-refractivity contribution in [1.82, 2.24) is 0 Å². The zero-order valence-corrected chi connectivity index (χ0v) is 15.6. The van der Waals surface area contributed by atoms with Gasteiger partial charge in [0, 0.05) is 24.8 Å². The number of nitrogens with one attached hydrogen (secondary N) is 1. The number of hydrogen-bond acceptors (Lipinski definition) is 4. The van der Waals surface area contributed by atoms with E-state index in [9.17, 15) is 9.59 Å². The van der Waals surface area contributed by atoms with E-state index in [0.717, 1.165) is 5.69 Å². The van der Waals surface area contributed by atoms with Crippen LogP contribution in [0.15, 0.2) is 42.5 Å². The summed E-state index contributed by atoms with van der Waals surface area (Å²) in [6.07, 6.45) is -0.990. The van der Waals surface area contributed by atoms with Crippen LogP contribution in [0.2, 0.25) is 10.0 Å². The number of hydrogen-bond donors (Lipinski definition) is 1. The second kappa shape index (κ2) is 8.23. The first-order valence-corrected chi connectivity index (χ1v) is 8.28. The van der Waals surface area contributed by atoms with Crippen molar-refractivity contribution in [2.45, 2.75) is 13.0 Å². The van der Waals surface area contributed by atoms with Gasteiger partial charge >= 0.3 is 5.97 Å². The number of esters is 1. The number of carbonyl (C=O) groups excluding carboxylic acids is 2. The number of amides is 1. The summed E-state index contributed by atoms with van der Waals surface area (Å²) in [5.41, 5.74) is 1.68. The summed E-state index contributed by atoms with van der Waals surface area (Å²) in [5.74, 6) is -1.08. The monoisotopic (exact) mass is 380 g/mol. The lowest BCUT2D eigenvalue weighted by Crippen LogP contribution is -2.30. The maximum atomic E-state index is 12.2. The predicted molar refractivity (Wildman–Crippen MR) is 101 cm³/mol. The second-order valence-electron chi connectivity index (χ2n) is 5.60. The molecule has 0 saturated carbocycles. The molecule has 1 amide bonds. The average Bonchev–Trinajstić information content (AvgIpc) is 2.58. The molecule has 2 aromatic rings. The van der Waals surface area contributed by atoms with Gasteiger partial charge < -0.3 is 15.0 Å². The van der Waals surface area contributed by atoms with Crippen LogP contribution in [0.5, 0.6) is 0 Å². The van der Waals surface area contributed by atoms with Gasteiger partial charge in [0.2, 0.25) is 0 Å². The lowest BCUT2D eigenvalue weighted by molar-refractivity contribution is -0.123. The lowest BCUT2D eigenvalue weighted by atomic mass is 10.2. The molecule has 1 atom stereocenters. The summed E-state index contributed by atoms with van der Waals surface area (Å²) in [5, 5.41) is 3.37. The zero-order chi connectivity index (χ0) is 18.6. The van der Waals surface area contributed by atoms with E-state index in [0.29, 0.717) is 21.3 Å². The van der Waals surface area contributed by atoms with Crippen molar-refractivity contribution in [2.75, 3.05) is 24.3 Å². The van der Waals surface area contributed by atoms with Gasteiger partial charge in [-0.05, 0) is 49.4 Å². The van der Waals surface area contributed by atoms with Crippen molar-refractivity contribution >= 4 is 46.5 Å². The number of nitrogens with zero attached hydrogens (tertiary/aromatic N) is 1. The third-order valence-corrected chi connectivity index (χ3v) is 4.02. The van der Waals surface area contributed by atoms with Gasteiger partial charge in [0.05, 0.1) is 16.3 Å². The maximum Gasteiger partial charge on any atom is 0.338 e. The highest BCUT2D eigenvalue weighted by atomic mass is 35.5. The fourth-order valence-electron chi connectivity index (χ4n) is 2.01. The van der Waals surface area contributed by atoms with E-state index in [1.807, 2.05) is 19.0 Å². The van der Waals surface area contributed by atoms with E-state index < -0.39 is 18.0 Å². The number of ether oxygens (including phenoxy) is 1. The van der Waals surface area contributed by atoms with Crippen LogP contribution in [-0.2, 0) is 9.53 Å². The Morgan fingerprint density at radius 1 is 1.08 bits per heavy atom. The van der Waals surface area contributed by atoms with Crippen molar-refractivity contribution in [3.63, 3.8) is 0 Å². The molecule has 5 nitrogen and oxygen atoms in total. The van der Waals surface area contributed by atoms with Crippen LogP contribution >= 0.6 is 23.2 Å². The van der Waals surface area contributed by atoms with Crippen LogP contribution in [0.4, 0.5) is 11.4 Å². The molecule has 2 rings (SSSR count). The van der Waals surface area contributed by atoms with Crippen LogP contribution in [0.3, 0.4) is 0 Å². The average molecular weight is 381 g/mol. The summed E-state index contributed by atoms with van der Waals surface area (Å²) in [6, 6.07) is 11.6. The summed E-state index contributed by atoms with van der Waals surface area (Å²) in [4.78, 5) is 26.3. The number of rotatable bonds is 5. The van der Waals surface area contributed by atoms with Crippen molar-refractivity contribution in [1.29, 1.82) is 0 Å². The normalized spacial score (nSPS) is 11.6. The molecule has 0 aliphatic rings. The molecule has 0 aromatic heterocycles. The van der Waals surface area contributed by atoms with Crippen molar-refractivity contribution in [3.8, 4) is 0 Å². The molecular formula is C18H18Cl2N2O3. The molecular weight excluding hydrogens is 363 g/mol. The minimum absolute atomic E-state index is 0.343. The van der Waals surface area contributed by atoms with Crippen LogP contribution < -0.4 is 10.2 Å². The molecule has 0 fully saturated rings. The molecule has 0 bridgehead atoms. The van der Waals surface area contributed by atoms with Crippen LogP contribution in [0, 0.1) is 0 Å². The molecule has 0 heterocycles. The summed E-state index contributed by atoms with van der Waals surface area (Å²) < 4.78 is 5.20. The standard InChI is InChI=1S/C18H18Cl2N2O3/c1-11(17(23)21-16-10-13(19)6-9-15(16)20)25-18(24)12-4-7-14(8-5-12)22(2)3/h4-11H,1-3H3,(H,21,23)/t11-/m1/s1. The Balaban J connectivity index is 2.00. The Bertz CT molecular complexity index is 776. The lowest BCUT2D eigenvalue weighted by Gasteiger charge is -2.15. The van der Waals surface area contributed by atoms with E-state index in [1.54, 1.807) is 36.4 Å². The predicted octanol–water partition coefficient (Wildman–Crippen LogP) is 4.24. The molecule has 25 heavy (non-hydrogen) atoms. The highest BCUT2D eigenvalue weighted by molar-refractivity contribution is 6.35. The Morgan fingerprint density at radius 3 is 2.32 bits per heavy atom. The topological polar surface area (TPSA) is 58.6 Å². The second-order valence-corrected chi connectivity index (χ2v) is 6.45. The Morgan fingerprint density at radius 2 is 1.72 bits per heavy atom.